The fourth-order valence-corrected chi connectivity index (χ4v) is 3.77. The lowest BCUT2D eigenvalue weighted by Gasteiger charge is -2.16. The Hall–Kier alpha value is -2.59. The smallest absolute Gasteiger partial charge is 0.379 e. The molecule has 0 aliphatic rings. The quantitative estimate of drug-likeness (QED) is 0.462. The van der Waals surface area contributed by atoms with Crippen LogP contribution in [0.2, 0.25) is 5.02 Å². The molecule has 1 aromatic carbocycles. The Kier molecular flexibility index (Phi) is 6.90. The monoisotopic (exact) mass is 515 g/mol. The van der Waals surface area contributed by atoms with Crippen molar-refractivity contribution in [2.24, 2.45) is 0 Å². The van der Waals surface area contributed by atoms with Gasteiger partial charge in [-0.05, 0) is 49.7 Å². The lowest BCUT2D eigenvalue weighted by Crippen LogP contribution is -2.24. The number of nitrogens with zero attached hydrogens (tertiary/aromatic N) is 3. The molecule has 0 atom stereocenters. The van der Waals surface area contributed by atoms with E-state index in [2.05, 4.69) is 36.6 Å². The van der Waals surface area contributed by atoms with Gasteiger partial charge in [-0.15, -0.1) is 0 Å². The van der Waals surface area contributed by atoms with Gasteiger partial charge < -0.3 is 10.6 Å². The number of benzene rings is 1. The molecule has 164 valence electrons. The minimum Gasteiger partial charge on any atom is -0.379 e. The van der Waals surface area contributed by atoms with Crippen LogP contribution in [-0.4, -0.2) is 27.2 Å². The first-order valence-electron chi connectivity index (χ1n) is 9.21. The SMILES string of the molecule is CCNC(=O)c1cc(Br)cc(C)c1NCc1cc(C(F)(F)F)nn1-c1ncccc1Cl. The van der Waals surface area contributed by atoms with Gasteiger partial charge in [-0.3, -0.25) is 4.79 Å². The summed E-state index contributed by atoms with van der Waals surface area (Å²) in [7, 11) is 0. The normalized spacial score (nSPS) is 11.5. The molecule has 0 radical (unpaired) electrons. The topological polar surface area (TPSA) is 71.8 Å². The molecule has 0 saturated carbocycles. The molecular weight excluding hydrogens is 499 g/mol. The number of halogens is 5. The Morgan fingerprint density at radius 3 is 2.68 bits per heavy atom. The van der Waals surface area contributed by atoms with E-state index in [4.69, 9.17) is 11.6 Å². The Morgan fingerprint density at radius 1 is 1.29 bits per heavy atom. The fraction of sp³-hybridized carbons (Fsp3) is 0.250. The van der Waals surface area contributed by atoms with E-state index in [-0.39, 0.29) is 29.0 Å². The van der Waals surface area contributed by atoms with Gasteiger partial charge in [0.1, 0.15) is 0 Å². The summed E-state index contributed by atoms with van der Waals surface area (Å²) in [6, 6.07) is 7.47. The molecule has 0 unspecified atom stereocenters. The first kappa shape index (κ1) is 23.1. The van der Waals surface area contributed by atoms with Crippen LogP contribution in [0.1, 0.15) is 34.2 Å². The van der Waals surface area contributed by atoms with Gasteiger partial charge in [0.05, 0.1) is 28.5 Å². The summed E-state index contributed by atoms with van der Waals surface area (Å²) < 4.78 is 41.7. The fourth-order valence-electron chi connectivity index (χ4n) is 2.99. The molecule has 0 saturated heterocycles. The van der Waals surface area contributed by atoms with E-state index in [1.165, 1.54) is 12.3 Å². The van der Waals surface area contributed by atoms with Crippen molar-refractivity contribution in [3.05, 3.63) is 68.5 Å². The van der Waals surface area contributed by atoms with Crippen molar-refractivity contribution in [2.45, 2.75) is 26.6 Å². The highest BCUT2D eigenvalue weighted by Gasteiger charge is 2.35. The number of hydrogen-bond donors (Lipinski definition) is 2. The zero-order valence-corrected chi connectivity index (χ0v) is 18.9. The molecule has 31 heavy (non-hydrogen) atoms. The zero-order chi connectivity index (χ0) is 22.8. The second kappa shape index (κ2) is 9.27. The van der Waals surface area contributed by atoms with Gasteiger partial charge in [0.25, 0.3) is 5.91 Å². The number of aromatic nitrogens is 3. The van der Waals surface area contributed by atoms with E-state index in [0.29, 0.717) is 22.3 Å². The highest BCUT2D eigenvalue weighted by atomic mass is 79.9. The van der Waals surface area contributed by atoms with Crippen molar-refractivity contribution in [1.29, 1.82) is 0 Å². The molecule has 0 spiro atoms. The molecule has 3 aromatic rings. The third kappa shape index (κ3) is 5.19. The predicted molar refractivity (Wildman–Crippen MR) is 116 cm³/mol. The average Bonchev–Trinajstić information content (AvgIpc) is 3.12. The molecule has 6 nitrogen and oxygen atoms in total. The van der Waals surface area contributed by atoms with Crippen LogP contribution >= 0.6 is 27.5 Å². The largest absolute Gasteiger partial charge is 0.435 e. The number of aryl methyl sites for hydroxylation is 1. The molecule has 2 heterocycles. The number of rotatable bonds is 6. The van der Waals surface area contributed by atoms with Crippen LogP contribution in [0.4, 0.5) is 18.9 Å². The second-order valence-electron chi connectivity index (χ2n) is 6.60. The number of carbonyl (C=O) groups excluding carboxylic acids is 1. The van der Waals surface area contributed by atoms with E-state index < -0.39 is 11.9 Å². The van der Waals surface area contributed by atoms with Crippen molar-refractivity contribution in [1.82, 2.24) is 20.1 Å². The molecule has 0 fully saturated rings. The summed E-state index contributed by atoms with van der Waals surface area (Å²) in [4.78, 5) is 16.5. The van der Waals surface area contributed by atoms with Crippen LogP contribution in [0.3, 0.4) is 0 Å². The van der Waals surface area contributed by atoms with E-state index >= 15 is 0 Å². The number of alkyl halides is 3. The Morgan fingerprint density at radius 2 is 2.03 bits per heavy atom. The Labute approximate surface area is 189 Å². The summed E-state index contributed by atoms with van der Waals surface area (Å²) >= 11 is 9.50. The number of amides is 1. The average molecular weight is 517 g/mol. The summed E-state index contributed by atoms with van der Waals surface area (Å²) in [5, 5.41) is 9.63. The maximum atomic E-state index is 13.3. The van der Waals surface area contributed by atoms with Crippen molar-refractivity contribution >= 4 is 39.1 Å². The number of nitrogens with one attached hydrogen (secondary N) is 2. The predicted octanol–water partition coefficient (Wildman–Crippen LogP) is 5.37. The summed E-state index contributed by atoms with van der Waals surface area (Å²) in [5.41, 5.74) is 0.725. The van der Waals surface area contributed by atoms with E-state index in [1.807, 2.05) is 0 Å². The van der Waals surface area contributed by atoms with Gasteiger partial charge in [0, 0.05) is 17.2 Å². The first-order valence-corrected chi connectivity index (χ1v) is 10.4. The number of anilines is 1. The summed E-state index contributed by atoms with van der Waals surface area (Å²) in [6.45, 7) is 3.97. The lowest BCUT2D eigenvalue weighted by molar-refractivity contribution is -0.141. The maximum absolute atomic E-state index is 13.3. The molecule has 2 aromatic heterocycles. The first-order chi connectivity index (χ1) is 14.6. The van der Waals surface area contributed by atoms with Crippen molar-refractivity contribution in [3.63, 3.8) is 0 Å². The van der Waals surface area contributed by atoms with Crippen LogP contribution in [0.25, 0.3) is 5.82 Å². The molecule has 11 heteroatoms. The van der Waals surface area contributed by atoms with Crippen LogP contribution < -0.4 is 10.6 Å². The standard InChI is InChI=1S/C20H18BrClF3N5O/c1-3-26-19(31)14-8-12(21)7-11(2)17(14)28-10-13-9-16(20(23,24)25)29-30(13)18-15(22)5-4-6-27-18/h4-9,28H,3,10H2,1-2H3,(H,26,31). The van der Waals surface area contributed by atoms with Crippen molar-refractivity contribution in [3.8, 4) is 5.82 Å². The zero-order valence-electron chi connectivity index (χ0n) is 16.5. The van der Waals surface area contributed by atoms with Crippen LogP contribution in [0, 0.1) is 6.92 Å². The number of carbonyl (C=O) groups is 1. The Bertz CT molecular complexity index is 1120. The van der Waals surface area contributed by atoms with Gasteiger partial charge in [0.15, 0.2) is 11.5 Å². The third-order valence-corrected chi connectivity index (χ3v) is 5.09. The van der Waals surface area contributed by atoms with Crippen LogP contribution in [-0.2, 0) is 12.7 Å². The second-order valence-corrected chi connectivity index (χ2v) is 7.92. The minimum atomic E-state index is -4.64. The van der Waals surface area contributed by atoms with Gasteiger partial charge >= 0.3 is 6.18 Å². The van der Waals surface area contributed by atoms with Gasteiger partial charge in [0.2, 0.25) is 0 Å². The van der Waals surface area contributed by atoms with Crippen molar-refractivity contribution in [2.75, 3.05) is 11.9 Å². The highest BCUT2D eigenvalue weighted by Crippen LogP contribution is 2.31. The van der Waals surface area contributed by atoms with Crippen LogP contribution in [0.15, 0.2) is 41.0 Å². The van der Waals surface area contributed by atoms with E-state index in [0.717, 1.165) is 16.3 Å². The molecule has 0 aliphatic carbocycles. The third-order valence-electron chi connectivity index (χ3n) is 4.34. The van der Waals surface area contributed by atoms with Crippen molar-refractivity contribution < 1.29 is 18.0 Å². The molecule has 2 N–H and O–H groups in total. The molecule has 3 rings (SSSR count). The lowest BCUT2D eigenvalue weighted by atomic mass is 10.1. The highest BCUT2D eigenvalue weighted by molar-refractivity contribution is 9.10. The maximum Gasteiger partial charge on any atom is 0.435 e. The van der Waals surface area contributed by atoms with Gasteiger partial charge in [-0.1, -0.05) is 27.5 Å². The van der Waals surface area contributed by atoms with Gasteiger partial charge in [-0.25, -0.2) is 9.67 Å². The summed E-state index contributed by atoms with van der Waals surface area (Å²) in [5.74, 6) is -0.223. The van der Waals surface area contributed by atoms with Gasteiger partial charge in [-0.2, -0.15) is 18.3 Å². The molecular formula is C20H18BrClF3N5O. The summed E-state index contributed by atoms with van der Waals surface area (Å²) in [6.07, 6.45) is -3.22. The molecule has 0 aliphatic heterocycles. The van der Waals surface area contributed by atoms with Crippen LogP contribution in [0.5, 0.6) is 0 Å². The number of hydrogen-bond acceptors (Lipinski definition) is 4. The van der Waals surface area contributed by atoms with E-state index in [9.17, 15) is 18.0 Å². The molecule has 1 amide bonds. The molecule has 0 bridgehead atoms. The minimum absolute atomic E-state index is 0.0507. The van der Waals surface area contributed by atoms with E-state index in [1.54, 1.807) is 32.0 Å². The number of pyridine rings is 1. The Balaban J connectivity index is 2.02.